The number of amides is 1. The molecule has 1 N–H and O–H groups in total. The highest BCUT2D eigenvalue weighted by Gasteiger charge is 2.21. The zero-order valence-electron chi connectivity index (χ0n) is 14.5. The summed E-state index contributed by atoms with van der Waals surface area (Å²) in [7, 11) is -0.881. The molecule has 1 aliphatic heterocycles. The zero-order chi connectivity index (χ0) is 16.8. The van der Waals surface area contributed by atoms with E-state index in [2.05, 4.69) is 15.2 Å². The molecule has 1 atom stereocenters. The van der Waals surface area contributed by atoms with Crippen LogP contribution in [-0.4, -0.2) is 75.6 Å². The van der Waals surface area contributed by atoms with Gasteiger partial charge in [0.05, 0.1) is 6.54 Å². The molecule has 1 heterocycles. The van der Waals surface area contributed by atoms with Gasteiger partial charge in [-0.1, -0.05) is 0 Å². The van der Waals surface area contributed by atoms with Crippen molar-refractivity contribution >= 4 is 22.7 Å². The summed E-state index contributed by atoms with van der Waals surface area (Å²) in [5.41, 5.74) is 0. The van der Waals surface area contributed by atoms with Gasteiger partial charge in [-0.25, -0.2) is 0 Å². The summed E-state index contributed by atoms with van der Waals surface area (Å²) >= 11 is 0. The van der Waals surface area contributed by atoms with E-state index in [9.17, 15) is 9.00 Å². The highest BCUT2D eigenvalue weighted by atomic mass is 32.2. The number of nitrogens with one attached hydrogen (secondary N) is 1. The van der Waals surface area contributed by atoms with E-state index in [1.54, 1.807) is 6.92 Å². The molecule has 1 amide bonds. The second-order valence-corrected chi connectivity index (χ2v) is 8.71. The second kappa shape index (κ2) is 8.50. The Morgan fingerprint density at radius 3 is 2.18 bits per heavy atom. The van der Waals surface area contributed by atoms with Crippen LogP contribution in [-0.2, 0) is 15.6 Å². The maximum absolute atomic E-state index is 12.1. The first-order valence-corrected chi connectivity index (χ1v) is 9.25. The minimum Gasteiger partial charge on any atom is -0.357 e. The molecule has 1 aliphatic rings. The monoisotopic (exact) mass is 330 g/mol. The van der Waals surface area contributed by atoms with Crippen molar-refractivity contribution in [3.05, 3.63) is 0 Å². The largest absolute Gasteiger partial charge is 0.357 e. The average Bonchev–Trinajstić information content (AvgIpc) is 2.45. The molecule has 22 heavy (non-hydrogen) atoms. The van der Waals surface area contributed by atoms with Crippen LogP contribution in [0.5, 0.6) is 0 Å². The normalized spacial score (nSPS) is 18.3. The van der Waals surface area contributed by atoms with Crippen LogP contribution in [0.3, 0.4) is 0 Å². The van der Waals surface area contributed by atoms with E-state index < -0.39 is 10.8 Å². The van der Waals surface area contributed by atoms with Crippen molar-refractivity contribution in [2.24, 2.45) is 4.99 Å². The summed E-state index contributed by atoms with van der Waals surface area (Å²) in [4.78, 5) is 20.0. The number of carbonyl (C=O) groups is 1. The second-order valence-electron chi connectivity index (χ2n) is 6.39. The number of rotatable bonds is 4. The van der Waals surface area contributed by atoms with Crippen LogP contribution in [0.15, 0.2) is 4.99 Å². The number of hydrogen-bond acceptors (Lipinski definition) is 3. The quantitative estimate of drug-likeness (QED) is 0.608. The molecule has 1 fully saturated rings. The molecule has 6 nitrogen and oxygen atoms in total. The number of carbonyl (C=O) groups excluding carboxylic acids is 1. The number of guanidine groups is 1. The summed E-state index contributed by atoms with van der Waals surface area (Å²) in [6.45, 7) is 14.0. The van der Waals surface area contributed by atoms with Gasteiger partial charge in [0.1, 0.15) is 0 Å². The lowest BCUT2D eigenvalue weighted by atomic mass is 10.3. The van der Waals surface area contributed by atoms with E-state index in [4.69, 9.17) is 0 Å². The van der Waals surface area contributed by atoms with Gasteiger partial charge in [-0.15, -0.1) is 0 Å². The van der Waals surface area contributed by atoms with Crippen LogP contribution in [0, 0.1) is 0 Å². The Hall–Kier alpha value is -1.11. The Balaban J connectivity index is 2.56. The fourth-order valence-electron chi connectivity index (χ4n) is 2.20. The zero-order valence-corrected chi connectivity index (χ0v) is 15.3. The molecule has 0 saturated carbocycles. The fourth-order valence-corrected chi connectivity index (χ4v) is 3.07. The smallest absolute Gasteiger partial charge is 0.219 e. The minimum atomic E-state index is -0.881. The molecule has 7 heteroatoms. The molecule has 0 spiro atoms. The van der Waals surface area contributed by atoms with E-state index in [0.717, 1.165) is 38.7 Å². The lowest BCUT2D eigenvalue weighted by molar-refractivity contribution is -0.130. The predicted molar refractivity (Wildman–Crippen MR) is 92.6 cm³/mol. The van der Waals surface area contributed by atoms with Crippen molar-refractivity contribution in [3.8, 4) is 0 Å². The van der Waals surface area contributed by atoms with Crippen molar-refractivity contribution in [1.82, 2.24) is 15.1 Å². The topological polar surface area (TPSA) is 65.0 Å². The van der Waals surface area contributed by atoms with Gasteiger partial charge in [0.25, 0.3) is 0 Å². The molecule has 0 radical (unpaired) electrons. The minimum absolute atomic E-state index is 0.127. The third-order valence-corrected chi connectivity index (χ3v) is 5.50. The summed E-state index contributed by atoms with van der Waals surface area (Å²) in [6, 6.07) is 0. The predicted octanol–water partition coefficient (Wildman–Crippen LogP) is 0.663. The molecule has 1 rings (SSSR count). The summed E-state index contributed by atoms with van der Waals surface area (Å²) in [5.74, 6) is 1.56. The summed E-state index contributed by atoms with van der Waals surface area (Å²) in [5, 5.41) is 3.28. The maximum atomic E-state index is 12.1. The van der Waals surface area contributed by atoms with Gasteiger partial charge in [-0.05, 0) is 27.7 Å². The highest BCUT2D eigenvalue weighted by molar-refractivity contribution is 7.86. The molecule has 1 unspecified atom stereocenters. The lowest BCUT2D eigenvalue weighted by Crippen LogP contribution is -2.53. The third-order valence-electron chi connectivity index (χ3n) is 3.58. The molecular formula is C15H30N4O2S. The SMILES string of the molecule is CCNC(=NCCS(=O)C(C)(C)C)N1CCN(C(C)=O)CC1. The van der Waals surface area contributed by atoms with Crippen LogP contribution in [0.25, 0.3) is 0 Å². The Morgan fingerprint density at radius 1 is 1.18 bits per heavy atom. The molecule has 0 aromatic heterocycles. The van der Waals surface area contributed by atoms with Gasteiger partial charge >= 0.3 is 0 Å². The van der Waals surface area contributed by atoms with Crippen LogP contribution < -0.4 is 5.32 Å². The summed E-state index contributed by atoms with van der Waals surface area (Å²) < 4.78 is 11.9. The van der Waals surface area contributed by atoms with Crippen molar-refractivity contribution in [2.45, 2.75) is 39.4 Å². The first-order chi connectivity index (χ1) is 10.3. The first kappa shape index (κ1) is 18.9. The average molecular weight is 330 g/mol. The molecule has 0 aliphatic carbocycles. The fraction of sp³-hybridized carbons (Fsp3) is 0.867. The van der Waals surface area contributed by atoms with Crippen molar-refractivity contribution < 1.29 is 9.00 Å². The maximum Gasteiger partial charge on any atom is 0.219 e. The molecule has 0 aromatic carbocycles. The Morgan fingerprint density at radius 2 is 1.73 bits per heavy atom. The van der Waals surface area contributed by atoms with Crippen LogP contribution >= 0.6 is 0 Å². The van der Waals surface area contributed by atoms with E-state index in [0.29, 0.717) is 12.3 Å². The van der Waals surface area contributed by atoms with Gasteiger partial charge in [-0.3, -0.25) is 14.0 Å². The van der Waals surface area contributed by atoms with E-state index in [-0.39, 0.29) is 10.7 Å². The lowest BCUT2D eigenvalue weighted by Gasteiger charge is -2.36. The van der Waals surface area contributed by atoms with E-state index in [1.165, 1.54) is 0 Å². The van der Waals surface area contributed by atoms with Gasteiger partial charge in [0.2, 0.25) is 5.91 Å². The van der Waals surface area contributed by atoms with Gasteiger partial charge in [0.15, 0.2) is 5.96 Å². The Bertz CT molecular complexity index is 424. The third kappa shape index (κ3) is 5.94. The van der Waals surface area contributed by atoms with Crippen LogP contribution in [0.1, 0.15) is 34.6 Å². The number of hydrogen-bond donors (Lipinski definition) is 1. The van der Waals surface area contributed by atoms with E-state index >= 15 is 0 Å². The molecular weight excluding hydrogens is 300 g/mol. The van der Waals surface area contributed by atoms with Gasteiger partial charge in [0, 0.05) is 60.9 Å². The van der Waals surface area contributed by atoms with Gasteiger partial charge < -0.3 is 15.1 Å². The molecule has 0 bridgehead atoms. The van der Waals surface area contributed by atoms with Gasteiger partial charge in [-0.2, -0.15) is 0 Å². The first-order valence-electron chi connectivity index (χ1n) is 7.93. The van der Waals surface area contributed by atoms with Crippen molar-refractivity contribution in [2.75, 3.05) is 45.0 Å². The molecule has 128 valence electrons. The van der Waals surface area contributed by atoms with Crippen molar-refractivity contribution in [3.63, 3.8) is 0 Å². The van der Waals surface area contributed by atoms with Crippen LogP contribution in [0.2, 0.25) is 0 Å². The highest BCUT2D eigenvalue weighted by Crippen LogP contribution is 2.11. The molecule has 0 aromatic rings. The number of nitrogens with zero attached hydrogens (tertiary/aromatic N) is 3. The number of piperazine rings is 1. The van der Waals surface area contributed by atoms with Crippen molar-refractivity contribution in [1.29, 1.82) is 0 Å². The number of aliphatic imine (C=N–C) groups is 1. The standard InChI is InChI=1S/C15H30N4O2S/c1-6-16-14(17-7-12-22(21)15(3,4)5)19-10-8-18(9-11-19)13(2)20/h6-12H2,1-5H3,(H,16,17). The Labute approximate surface area is 136 Å². The molecule has 1 saturated heterocycles. The Kier molecular flexibility index (Phi) is 7.32. The van der Waals surface area contributed by atoms with Crippen LogP contribution in [0.4, 0.5) is 0 Å². The van der Waals surface area contributed by atoms with E-state index in [1.807, 2.05) is 32.6 Å². The summed E-state index contributed by atoms with van der Waals surface area (Å²) in [6.07, 6.45) is 0.